The Morgan fingerprint density at radius 1 is 0.822 bits per heavy atom. The third-order valence-corrected chi connectivity index (χ3v) is 7.44. The van der Waals surface area contributed by atoms with Crippen molar-refractivity contribution in [2.45, 2.75) is 24.8 Å². The van der Waals surface area contributed by atoms with E-state index in [-0.39, 0.29) is 32.6 Å². The zero-order chi connectivity index (χ0) is 32.7. The van der Waals surface area contributed by atoms with E-state index in [1.165, 1.54) is 66.7 Å². The first kappa shape index (κ1) is 31.7. The molecule has 1 atom stereocenters. The maximum Gasteiger partial charge on any atom is 0.449 e. The van der Waals surface area contributed by atoms with Gasteiger partial charge in [0.1, 0.15) is 5.82 Å². The largest absolute Gasteiger partial charge is 0.469 e. The van der Waals surface area contributed by atoms with Crippen LogP contribution in [0.15, 0.2) is 89.7 Å². The van der Waals surface area contributed by atoms with Gasteiger partial charge in [-0.15, -0.1) is 0 Å². The second-order valence-corrected chi connectivity index (χ2v) is 10.4. The monoisotopic (exact) mass is 648 g/mol. The molecule has 0 aliphatic rings. The number of hydrogen-bond acceptors (Lipinski definition) is 4. The van der Waals surface area contributed by atoms with Crippen molar-refractivity contribution in [2.24, 2.45) is 0 Å². The Balaban J connectivity index is 1.67. The molecule has 0 saturated carbocycles. The number of benzene rings is 4. The Hall–Kier alpha value is -4.71. The molecule has 0 bridgehead atoms. The van der Waals surface area contributed by atoms with E-state index in [2.05, 4.69) is 4.98 Å². The lowest BCUT2D eigenvalue weighted by Crippen LogP contribution is -2.34. The fraction of sp³-hybridized carbons (Fsp3) is 0.156. The number of methoxy groups -OCH3 is 1. The van der Waals surface area contributed by atoms with Crippen molar-refractivity contribution in [3.8, 4) is 22.3 Å². The summed E-state index contributed by atoms with van der Waals surface area (Å²) in [4.78, 5) is 30.0. The lowest BCUT2D eigenvalue weighted by atomic mass is 9.98. The Morgan fingerprint density at radius 3 is 1.93 bits per heavy atom. The van der Waals surface area contributed by atoms with Crippen LogP contribution in [-0.4, -0.2) is 22.6 Å². The molecule has 0 aliphatic heterocycles. The minimum atomic E-state index is -5.13. The van der Waals surface area contributed by atoms with Gasteiger partial charge in [0.15, 0.2) is 0 Å². The molecular weight excluding hydrogens is 629 g/mol. The van der Waals surface area contributed by atoms with Crippen LogP contribution in [0.5, 0.6) is 0 Å². The predicted molar refractivity (Wildman–Crippen MR) is 153 cm³/mol. The maximum atomic E-state index is 14.4. The molecule has 0 fully saturated rings. The minimum absolute atomic E-state index is 0.130. The summed E-state index contributed by atoms with van der Waals surface area (Å²) >= 11 is 5.88. The van der Waals surface area contributed by atoms with Crippen molar-refractivity contribution >= 4 is 28.5 Å². The van der Waals surface area contributed by atoms with Crippen molar-refractivity contribution in [1.82, 2.24) is 9.55 Å². The van der Waals surface area contributed by atoms with Gasteiger partial charge in [-0.2, -0.15) is 26.3 Å². The fourth-order valence-electron chi connectivity index (χ4n) is 4.89. The molecule has 4 aromatic carbocycles. The van der Waals surface area contributed by atoms with E-state index in [1.807, 2.05) is 0 Å². The lowest BCUT2D eigenvalue weighted by molar-refractivity contribution is -0.150. The first-order valence-electron chi connectivity index (χ1n) is 13.1. The Kier molecular flexibility index (Phi) is 8.45. The number of carbonyl (C=O) groups is 1. The molecule has 232 valence electrons. The highest BCUT2D eigenvalue weighted by Gasteiger charge is 2.40. The van der Waals surface area contributed by atoms with Crippen molar-refractivity contribution in [3.05, 3.63) is 123 Å². The van der Waals surface area contributed by atoms with Crippen LogP contribution < -0.4 is 5.56 Å². The number of fused-ring (bicyclic) bond motifs is 1. The lowest BCUT2D eigenvalue weighted by Gasteiger charge is -2.24. The molecule has 13 heteroatoms. The number of carbonyl (C=O) groups excluding carboxylic acids is 1. The van der Waals surface area contributed by atoms with Crippen LogP contribution in [0.2, 0.25) is 5.02 Å². The highest BCUT2D eigenvalue weighted by molar-refractivity contribution is 6.31. The van der Waals surface area contributed by atoms with E-state index in [4.69, 9.17) is 16.3 Å². The molecule has 45 heavy (non-hydrogen) atoms. The summed E-state index contributed by atoms with van der Waals surface area (Å²) in [6.45, 7) is 0. The van der Waals surface area contributed by atoms with E-state index in [1.54, 1.807) is 0 Å². The van der Waals surface area contributed by atoms with Crippen molar-refractivity contribution < 1.29 is 40.3 Å². The van der Waals surface area contributed by atoms with E-state index in [9.17, 15) is 40.3 Å². The summed E-state index contributed by atoms with van der Waals surface area (Å²) in [6, 6.07) is 16.1. The minimum Gasteiger partial charge on any atom is -0.469 e. The Morgan fingerprint density at radius 2 is 1.38 bits per heavy atom. The van der Waals surface area contributed by atoms with Crippen LogP contribution in [0.1, 0.15) is 29.4 Å². The van der Waals surface area contributed by atoms with Gasteiger partial charge in [0.25, 0.3) is 5.56 Å². The van der Waals surface area contributed by atoms with E-state index < -0.39 is 53.5 Å². The van der Waals surface area contributed by atoms with Gasteiger partial charge in [0.05, 0.1) is 41.1 Å². The van der Waals surface area contributed by atoms with E-state index in [0.717, 1.165) is 25.3 Å². The van der Waals surface area contributed by atoms with Crippen molar-refractivity contribution in [2.75, 3.05) is 7.11 Å². The molecule has 0 amide bonds. The quantitative estimate of drug-likeness (QED) is 0.137. The fourth-order valence-corrected chi connectivity index (χ4v) is 5.07. The summed E-state index contributed by atoms with van der Waals surface area (Å²) < 4.78 is 101. The number of ether oxygens (including phenoxy) is 1. The number of halogens is 8. The molecule has 1 heterocycles. The van der Waals surface area contributed by atoms with Gasteiger partial charge in [-0.3, -0.25) is 14.2 Å². The van der Waals surface area contributed by atoms with Crippen LogP contribution in [0.25, 0.3) is 33.2 Å². The third-order valence-electron chi connectivity index (χ3n) is 7.15. The zero-order valence-corrected chi connectivity index (χ0v) is 23.8. The predicted octanol–water partition coefficient (Wildman–Crippen LogP) is 8.71. The second kappa shape index (κ2) is 12.0. The van der Waals surface area contributed by atoms with Gasteiger partial charge in [0.2, 0.25) is 5.82 Å². The van der Waals surface area contributed by atoms with E-state index in [0.29, 0.717) is 15.7 Å². The number of alkyl halides is 6. The molecule has 1 aromatic heterocycles. The summed E-state index contributed by atoms with van der Waals surface area (Å²) in [7, 11) is 1.04. The highest BCUT2D eigenvalue weighted by atomic mass is 35.5. The van der Waals surface area contributed by atoms with Gasteiger partial charge >= 0.3 is 18.3 Å². The molecule has 0 saturated heterocycles. The van der Waals surface area contributed by atoms with Gasteiger partial charge in [-0.1, -0.05) is 60.1 Å². The normalized spacial score (nSPS) is 12.7. The summed E-state index contributed by atoms with van der Waals surface area (Å²) in [6.07, 6.45) is -10.4. The molecule has 0 N–H and O–H groups in total. The van der Waals surface area contributed by atoms with Crippen LogP contribution in [-0.2, 0) is 21.9 Å². The Labute approximate surface area is 255 Å². The highest BCUT2D eigenvalue weighted by Crippen LogP contribution is 2.35. The van der Waals surface area contributed by atoms with Crippen LogP contribution in [0.4, 0.5) is 30.7 Å². The summed E-state index contributed by atoms with van der Waals surface area (Å²) in [5.41, 5.74) is -0.641. The molecular formula is C32H20ClF7N2O3. The maximum absolute atomic E-state index is 14.4. The number of aromatic nitrogens is 2. The van der Waals surface area contributed by atoms with Gasteiger partial charge < -0.3 is 4.74 Å². The molecule has 5 rings (SSSR count). The molecule has 0 aliphatic carbocycles. The van der Waals surface area contributed by atoms with Crippen LogP contribution >= 0.6 is 11.6 Å². The molecule has 5 aromatic rings. The topological polar surface area (TPSA) is 61.2 Å². The SMILES string of the molecule is COC(=O)CC(c1ccc(-c2ccc(F)c(Cl)c2)cc1)n1c(C(F)(F)F)nc2ccc(-c3ccc(C(F)(F)F)cc3)cc2c1=O. The molecule has 5 nitrogen and oxygen atoms in total. The van der Waals surface area contributed by atoms with Gasteiger partial charge in [0, 0.05) is 0 Å². The number of esters is 1. The van der Waals surface area contributed by atoms with Gasteiger partial charge in [-0.05, 0) is 64.2 Å². The number of nitrogens with zero attached hydrogens (tertiary/aromatic N) is 2. The average molecular weight is 649 g/mol. The summed E-state index contributed by atoms with van der Waals surface area (Å²) in [5, 5.41) is -0.396. The van der Waals surface area contributed by atoms with Crippen molar-refractivity contribution in [3.63, 3.8) is 0 Å². The first-order chi connectivity index (χ1) is 21.2. The smallest absolute Gasteiger partial charge is 0.449 e. The first-order valence-corrected chi connectivity index (χ1v) is 13.5. The molecule has 0 spiro atoms. The Bertz CT molecular complexity index is 1950. The van der Waals surface area contributed by atoms with Crippen molar-refractivity contribution in [1.29, 1.82) is 0 Å². The van der Waals surface area contributed by atoms with Gasteiger partial charge in [-0.25, -0.2) is 9.37 Å². The number of rotatable bonds is 6. The second-order valence-electron chi connectivity index (χ2n) is 9.96. The average Bonchev–Trinajstić information content (AvgIpc) is 3.00. The van der Waals surface area contributed by atoms with Crippen LogP contribution in [0.3, 0.4) is 0 Å². The zero-order valence-electron chi connectivity index (χ0n) is 23.0. The molecule has 1 unspecified atom stereocenters. The van der Waals surface area contributed by atoms with E-state index >= 15 is 0 Å². The summed E-state index contributed by atoms with van der Waals surface area (Å²) in [5.74, 6) is -3.11. The van der Waals surface area contributed by atoms with Crippen LogP contribution in [0, 0.1) is 5.82 Å². The third kappa shape index (κ3) is 6.56. The number of hydrogen-bond donors (Lipinski definition) is 0. The standard InChI is InChI=1S/C32H20ClF7N2O3/c1-45-28(43)16-27(19-4-2-17(3-5-19)21-8-12-25(34)24(33)15-21)42-29(44)23-14-20(9-13-26(23)41-30(42)32(38,39)40)18-6-10-22(11-7-18)31(35,36)37/h2-15,27H,16H2,1H3. The molecule has 0 radical (unpaired) electrons.